The van der Waals surface area contributed by atoms with E-state index in [2.05, 4.69) is 23.8 Å². The summed E-state index contributed by atoms with van der Waals surface area (Å²) >= 11 is 1.58. The molecule has 0 heterocycles. The third-order valence-electron chi connectivity index (χ3n) is 1.97. The SMILES string of the molecule is COC(=O)CSCc1ccccc1C. The Kier molecular flexibility index (Phi) is 4.53. The van der Waals surface area contributed by atoms with Gasteiger partial charge in [0.25, 0.3) is 0 Å². The van der Waals surface area contributed by atoms with Crippen molar-refractivity contribution in [1.29, 1.82) is 0 Å². The van der Waals surface area contributed by atoms with Gasteiger partial charge in [0.1, 0.15) is 0 Å². The summed E-state index contributed by atoms with van der Waals surface area (Å²) in [5, 5.41) is 0. The lowest BCUT2D eigenvalue weighted by molar-refractivity contribution is -0.137. The van der Waals surface area contributed by atoms with Crippen molar-refractivity contribution in [2.45, 2.75) is 12.7 Å². The topological polar surface area (TPSA) is 26.3 Å². The molecular formula is C11H14O2S. The molecule has 1 aromatic carbocycles. The molecule has 0 saturated carbocycles. The summed E-state index contributed by atoms with van der Waals surface area (Å²) < 4.78 is 4.56. The second kappa shape index (κ2) is 5.70. The van der Waals surface area contributed by atoms with Gasteiger partial charge in [-0.2, -0.15) is 0 Å². The van der Waals surface area contributed by atoms with E-state index in [0.29, 0.717) is 5.75 Å². The van der Waals surface area contributed by atoms with E-state index in [1.54, 1.807) is 11.8 Å². The van der Waals surface area contributed by atoms with Gasteiger partial charge >= 0.3 is 5.97 Å². The van der Waals surface area contributed by atoms with Crippen molar-refractivity contribution < 1.29 is 9.53 Å². The highest BCUT2D eigenvalue weighted by molar-refractivity contribution is 7.99. The van der Waals surface area contributed by atoms with Gasteiger partial charge in [0.05, 0.1) is 12.9 Å². The molecule has 0 amide bonds. The van der Waals surface area contributed by atoms with Crippen LogP contribution in [0.5, 0.6) is 0 Å². The lowest BCUT2D eigenvalue weighted by Crippen LogP contribution is -2.03. The molecule has 14 heavy (non-hydrogen) atoms. The Morgan fingerprint density at radius 1 is 1.43 bits per heavy atom. The van der Waals surface area contributed by atoms with Crippen molar-refractivity contribution in [2.24, 2.45) is 0 Å². The largest absolute Gasteiger partial charge is 0.468 e. The summed E-state index contributed by atoms with van der Waals surface area (Å²) in [6, 6.07) is 8.19. The van der Waals surface area contributed by atoms with E-state index in [1.165, 1.54) is 18.2 Å². The minimum Gasteiger partial charge on any atom is -0.468 e. The second-order valence-electron chi connectivity index (χ2n) is 3.00. The monoisotopic (exact) mass is 210 g/mol. The third-order valence-corrected chi connectivity index (χ3v) is 2.92. The lowest BCUT2D eigenvalue weighted by Gasteiger charge is -2.04. The van der Waals surface area contributed by atoms with Gasteiger partial charge in [-0.25, -0.2) is 0 Å². The molecule has 0 saturated heterocycles. The smallest absolute Gasteiger partial charge is 0.315 e. The first kappa shape index (κ1) is 11.1. The summed E-state index contributed by atoms with van der Waals surface area (Å²) in [6.07, 6.45) is 0. The molecule has 0 N–H and O–H groups in total. The van der Waals surface area contributed by atoms with Crippen LogP contribution in [0.1, 0.15) is 11.1 Å². The number of aryl methyl sites for hydroxylation is 1. The van der Waals surface area contributed by atoms with Crippen LogP contribution in [0.2, 0.25) is 0 Å². The zero-order valence-electron chi connectivity index (χ0n) is 8.45. The molecule has 0 aromatic heterocycles. The van der Waals surface area contributed by atoms with E-state index in [4.69, 9.17) is 0 Å². The maximum Gasteiger partial charge on any atom is 0.315 e. The Morgan fingerprint density at radius 3 is 2.79 bits per heavy atom. The van der Waals surface area contributed by atoms with Gasteiger partial charge in [-0.3, -0.25) is 4.79 Å². The molecule has 76 valence electrons. The van der Waals surface area contributed by atoms with Crippen molar-refractivity contribution in [1.82, 2.24) is 0 Å². The van der Waals surface area contributed by atoms with Crippen molar-refractivity contribution in [3.63, 3.8) is 0 Å². The van der Waals surface area contributed by atoms with Crippen LogP contribution in [0.3, 0.4) is 0 Å². The molecule has 1 rings (SSSR count). The molecule has 0 fully saturated rings. The van der Waals surface area contributed by atoms with Crippen molar-refractivity contribution >= 4 is 17.7 Å². The van der Waals surface area contributed by atoms with Crippen LogP contribution in [0.25, 0.3) is 0 Å². The minimum absolute atomic E-state index is 0.163. The molecule has 0 aliphatic rings. The molecule has 3 heteroatoms. The minimum atomic E-state index is -0.163. The van der Waals surface area contributed by atoms with Crippen molar-refractivity contribution in [2.75, 3.05) is 12.9 Å². The number of hydrogen-bond donors (Lipinski definition) is 0. The fourth-order valence-electron chi connectivity index (χ4n) is 1.08. The molecule has 0 aliphatic heterocycles. The lowest BCUT2D eigenvalue weighted by atomic mass is 10.1. The van der Waals surface area contributed by atoms with E-state index in [9.17, 15) is 4.79 Å². The van der Waals surface area contributed by atoms with Crippen LogP contribution < -0.4 is 0 Å². The van der Waals surface area contributed by atoms with Gasteiger partial charge in [-0.05, 0) is 18.1 Å². The van der Waals surface area contributed by atoms with Gasteiger partial charge in [-0.1, -0.05) is 24.3 Å². The number of ether oxygens (including phenoxy) is 1. The Bertz CT molecular complexity index is 310. The molecule has 0 bridgehead atoms. The van der Waals surface area contributed by atoms with Gasteiger partial charge in [0.15, 0.2) is 0 Å². The predicted octanol–water partition coefficient (Wildman–Crippen LogP) is 2.40. The Balaban J connectivity index is 2.39. The Labute approximate surface area is 88.7 Å². The summed E-state index contributed by atoms with van der Waals surface area (Å²) in [5.41, 5.74) is 2.55. The highest BCUT2D eigenvalue weighted by Crippen LogP contribution is 2.15. The number of esters is 1. The first-order valence-corrected chi connectivity index (χ1v) is 5.58. The Morgan fingerprint density at radius 2 is 2.14 bits per heavy atom. The van der Waals surface area contributed by atoms with Crippen molar-refractivity contribution in [3.8, 4) is 0 Å². The van der Waals surface area contributed by atoms with Crippen LogP contribution in [0.15, 0.2) is 24.3 Å². The molecule has 0 spiro atoms. The zero-order chi connectivity index (χ0) is 10.4. The first-order valence-electron chi connectivity index (χ1n) is 4.43. The molecule has 1 aromatic rings. The van der Waals surface area contributed by atoms with Crippen LogP contribution in [-0.2, 0) is 15.3 Å². The maximum absolute atomic E-state index is 10.8. The van der Waals surface area contributed by atoms with Gasteiger partial charge < -0.3 is 4.74 Å². The van der Waals surface area contributed by atoms with Crippen LogP contribution >= 0.6 is 11.8 Å². The summed E-state index contributed by atoms with van der Waals surface area (Å²) in [7, 11) is 1.41. The van der Waals surface area contributed by atoms with E-state index in [0.717, 1.165) is 5.75 Å². The van der Waals surface area contributed by atoms with Gasteiger partial charge in [0.2, 0.25) is 0 Å². The molecular weight excluding hydrogens is 196 g/mol. The number of methoxy groups -OCH3 is 1. The van der Waals surface area contributed by atoms with E-state index in [-0.39, 0.29) is 5.97 Å². The van der Waals surface area contributed by atoms with E-state index in [1.807, 2.05) is 12.1 Å². The average Bonchev–Trinajstić information content (AvgIpc) is 2.20. The third kappa shape index (κ3) is 3.42. The Hall–Kier alpha value is -0.960. The molecule has 2 nitrogen and oxygen atoms in total. The average molecular weight is 210 g/mol. The zero-order valence-corrected chi connectivity index (χ0v) is 9.26. The van der Waals surface area contributed by atoms with Gasteiger partial charge in [-0.15, -0.1) is 11.8 Å². The van der Waals surface area contributed by atoms with Gasteiger partial charge in [0, 0.05) is 5.75 Å². The number of carbonyl (C=O) groups excluding carboxylic acids is 1. The summed E-state index contributed by atoms with van der Waals surface area (Å²) in [4.78, 5) is 10.8. The van der Waals surface area contributed by atoms with E-state index < -0.39 is 0 Å². The number of benzene rings is 1. The predicted molar refractivity (Wildman–Crippen MR) is 59.4 cm³/mol. The second-order valence-corrected chi connectivity index (χ2v) is 3.98. The maximum atomic E-state index is 10.8. The number of thioether (sulfide) groups is 1. The van der Waals surface area contributed by atoms with Crippen molar-refractivity contribution in [3.05, 3.63) is 35.4 Å². The number of hydrogen-bond acceptors (Lipinski definition) is 3. The first-order chi connectivity index (χ1) is 6.74. The normalized spacial score (nSPS) is 9.86. The number of carbonyl (C=O) groups is 1. The molecule has 0 aliphatic carbocycles. The van der Waals surface area contributed by atoms with Crippen LogP contribution in [-0.4, -0.2) is 18.8 Å². The summed E-state index contributed by atoms with van der Waals surface area (Å²) in [6.45, 7) is 2.08. The molecule has 0 radical (unpaired) electrons. The highest BCUT2D eigenvalue weighted by atomic mass is 32.2. The standard InChI is InChI=1S/C11H14O2S/c1-9-5-3-4-6-10(9)7-14-8-11(12)13-2/h3-6H,7-8H2,1-2H3. The summed E-state index contributed by atoms with van der Waals surface area (Å²) in [5.74, 6) is 1.12. The van der Waals surface area contributed by atoms with E-state index >= 15 is 0 Å². The molecule has 0 unspecified atom stereocenters. The van der Waals surface area contributed by atoms with Crippen LogP contribution in [0.4, 0.5) is 0 Å². The number of rotatable bonds is 4. The fourth-order valence-corrected chi connectivity index (χ4v) is 2.01. The highest BCUT2D eigenvalue weighted by Gasteiger charge is 2.01. The fraction of sp³-hybridized carbons (Fsp3) is 0.364. The van der Waals surface area contributed by atoms with Crippen LogP contribution in [0, 0.1) is 6.92 Å². The molecule has 0 atom stereocenters. The quantitative estimate of drug-likeness (QED) is 0.714.